The van der Waals surface area contributed by atoms with Gasteiger partial charge in [0, 0.05) is 0 Å². The van der Waals surface area contributed by atoms with E-state index in [1.807, 2.05) is 0 Å². The Balaban J connectivity index is 3.56. The van der Waals surface area contributed by atoms with Gasteiger partial charge in [0.15, 0.2) is 0 Å². The summed E-state index contributed by atoms with van der Waals surface area (Å²) in [6, 6.07) is 0. The van der Waals surface area contributed by atoms with Gasteiger partial charge in [-0.05, 0) is 63.7 Å². The second-order valence-electron chi connectivity index (χ2n) is 2.10. The van der Waals surface area contributed by atoms with Crippen LogP contribution in [0.4, 0.5) is 0 Å². The fraction of sp³-hybridized carbons (Fsp3) is 0.143. The molecule has 0 heterocycles. The maximum absolute atomic E-state index is 6.01. The second kappa shape index (κ2) is 4.84. The molecule has 1 rings (SSSR count). The molecule has 13 heavy (non-hydrogen) atoms. The molecular formula is C7H3Br4ClO. The molecule has 6 heteroatoms. The van der Waals surface area contributed by atoms with Gasteiger partial charge in [0.25, 0.3) is 0 Å². The molecule has 0 aliphatic heterocycles. The highest BCUT2D eigenvalue weighted by molar-refractivity contribution is 9.14. The summed E-state index contributed by atoms with van der Waals surface area (Å²) in [7, 11) is 1.59. The predicted octanol–water partition coefficient (Wildman–Crippen LogP) is 5.40. The van der Waals surface area contributed by atoms with Crippen LogP contribution in [0.25, 0.3) is 0 Å². The van der Waals surface area contributed by atoms with Crippen molar-refractivity contribution in [3.05, 3.63) is 22.9 Å². The Hall–Kier alpha value is 1.23. The van der Waals surface area contributed by atoms with Crippen molar-refractivity contribution in [2.24, 2.45) is 0 Å². The van der Waals surface area contributed by atoms with Crippen LogP contribution >= 0.6 is 75.3 Å². The molecule has 0 fully saturated rings. The predicted molar refractivity (Wildman–Crippen MR) is 68.8 cm³/mol. The van der Waals surface area contributed by atoms with Crippen LogP contribution in [0, 0.1) is 0 Å². The number of rotatable bonds is 1. The minimum atomic E-state index is 0.597. The lowest BCUT2D eigenvalue weighted by atomic mass is 10.3. The molecule has 0 unspecified atom stereocenters. The summed E-state index contributed by atoms with van der Waals surface area (Å²) in [5.74, 6) is 0.697. The fourth-order valence-corrected chi connectivity index (χ4v) is 3.59. The normalized spacial score (nSPS) is 10.3. The summed E-state index contributed by atoms with van der Waals surface area (Å²) in [6.07, 6.45) is 0. The summed E-state index contributed by atoms with van der Waals surface area (Å²) < 4.78 is 8.28. The molecule has 0 amide bonds. The fourth-order valence-electron chi connectivity index (χ4n) is 0.764. The van der Waals surface area contributed by atoms with Crippen LogP contribution in [0.5, 0.6) is 5.75 Å². The van der Waals surface area contributed by atoms with E-state index < -0.39 is 0 Å². The maximum Gasteiger partial charge on any atom is 0.149 e. The Bertz CT molecular complexity index is 324. The van der Waals surface area contributed by atoms with Crippen molar-refractivity contribution in [1.29, 1.82) is 0 Å². The molecule has 0 aliphatic carbocycles. The van der Waals surface area contributed by atoms with E-state index >= 15 is 0 Å². The van der Waals surface area contributed by atoms with Crippen molar-refractivity contribution >= 4 is 75.3 Å². The van der Waals surface area contributed by atoms with Crippen molar-refractivity contribution in [3.8, 4) is 5.75 Å². The van der Waals surface area contributed by atoms with Gasteiger partial charge in [0.2, 0.25) is 0 Å². The van der Waals surface area contributed by atoms with E-state index in [1.54, 1.807) is 7.11 Å². The standard InChI is InChI=1S/C7H3Br4ClO/c1-13-7-4(10)2(8)6(12)3(9)5(7)11/h1H3. The van der Waals surface area contributed by atoms with E-state index in [2.05, 4.69) is 63.7 Å². The van der Waals surface area contributed by atoms with Gasteiger partial charge >= 0.3 is 0 Å². The third kappa shape index (κ3) is 2.25. The van der Waals surface area contributed by atoms with E-state index in [9.17, 15) is 0 Å². The number of benzene rings is 1. The van der Waals surface area contributed by atoms with Gasteiger partial charge in [0.1, 0.15) is 5.75 Å². The van der Waals surface area contributed by atoms with Gasteiger partial charge in [-0.25, -0.2) is 0 Å². The van der Waals surface area contributed by atoms with Crippen LogP contribution in [-0.2, 0) is 0 Å². The van der Waals surface area contributed by atoms with Crippen LogP contribution in [0.15, 0.2) is 17.9 Å². The van der Waals surface area contributed by atoms with E-state index in [-0.39, 0.29) is 0 Å². The molecule has 72 valence electrons. The lowest BCUT2D eigenvalue weighted by Crippen LogP contribution is -1.89. The van der Waals surface area contributed by atoms with E-state index in [0.717, 1.165) is 17.9 Å². The van der Waals surface area contributed by atoms with Crippen LogP contribution in [0.1, 0.15) is 0 Å². The number of halogens is 5. The van der Waals surface area contributed by atoms with Crippen molar-refractivity contribution in [1.82, 2.24) is 0 Å². The number of ether oxygens (including phenoxy) is 1. The zero-order chi connectivity index (χ0) is 10.2. The van der Waals surface area contributed by atoms with Gasteiger partial charge in [-0.3, -0.25) is 0 Å². The monoisotopic (exact) mass is 454 g/mol. The van der Waals surface area contributed by atoms with Crippen molar-refractivity contribution < 1.29 is 4.74 Å². The number of hydrogen-bond acceptors (Lipinski definition) is 1. The lowest BCUT2D eigenvalue weighted by Gasteiger charge is -2.11. The van der Waals surface area contributed by atoms with Crippen LogP contribution in [0.3, 0.4) is 0 Å². The van der Waals surface area contributed by atoms with Crippen LogP contribution in [-0.4, -0.2) is 7.11 Å². The highest BCUT2D eigenvalue weighted by Gasteiger charge is 2.17. The Morgan fingerprint density at radius 1 is 0.923 bits per heavy atom. The maximum atomic E-state index is 6.01. The average Bonchev–Trinajstić information content (AvgIpc) is 2.13. The molecule has 0 spiro atoms. The molecule has 0 N–H and O–H groups in total. The summed E-state index contributed by atoms with van der Waals surface area (Å²) in [4.78, 5) is 0. The Kier molecular flexibility index (Phi) is 4.58. The van der Waals surface area contributed by atoms with E-state index in [1.165, 1.54) is 0 Å². The SMILES string of the molecule is COc1c(Br)c(Br)c(Cl)c(Br)c1Br. The summed E-state index contributed by atoms with van der Waals surface area (Å²) in [5.41, 5.74) is 0. The van der Waals surface area contributed by atoms with Crippen molar-refractivity contribution in [3.63, 3.8) is 0 Å². The molecule has 1 nitrogen and oxygen atoms in total. The van der Waals surface area contributed by atoms with Crippen LogP contribution in [0.2, 0.25) is 5.02 Å². The Morgan fingerprint density at radius 2 is 1.31 bits per heavy atom. The van der Waals surface area contributed by atoms with E-state index in [4.69, 9.17) is 16.3 Å². The first-order valence-electron chi connectivity index (χ1n) is 3.06. The molecule has 0 bridgehead atoms. The lowest BCUT2D eigenvalue weighted by molar-refractivity contribution is 0.409. The quantitative estimate of drug-likeness (QED) is 0.405. The largest absolute Gasteiger partial charge is 0.494 e. The van der Waals surface area contributed by atoms with Crippen molar-refractivity contribution in [2.75, 3.05) is 7.11 Å². The first kappa shape index (κ1) is 12.3. The number of hydrogen-bond donors (Lipinski definition) is 0. The van der Waals surface area contributed by atoms with Crippen LogP contribution < -0.4 is 4.74 Å². The van der Waals surface area contributed by atoms with Gasteiger partial charge in [-0.2, -0.15) is 0 Å². The highest BCUT2D eigenvalue weighted by atomic mass is 79.9. The minimum Gasteiger partial charge on any atom is -0.494 e. The average molecular weight is 458 g/mol. The third-order valence-corrected chi connectivity index (χ3v) is 6.37. The minimum absolute atomic E-state index is 0.597. The van der Waals surface area contributed by atoms with Crippen molar-refractivity contribution in [2.45, 2.75) is 0 Å². The van der Waals surface area contributed by atoms with Gasteiger partial charge in [-0.15, -0.1) is 0 Å². The molecule has 1 aromatic carbocycles. The van der Waals surface area contributed by atoms with Gasteiger partial charge in [-0.1, -0.05) is 11.6 Å². The van der Waals surface area contributed by atoms with Gasteiger partial charge < -0.3 is 4.74 Å². The smallest absolute Gasteiger partial charge is 0.149 e. The zero-order valence-corrected chi connectivity index (χ0v) is 13.4. The second-order valence-corrected chi connectivity index (χ2v) is 5.65. The topological polar surface area (TPSA) is 9.23 Å². The third-order valence-electron chi connectivity index (χ3n) is 1.37. The first-order valence-corrected chi connectivity index (χ1v) is 6.61. The molecular weight excluding hydrogens is 455 g/mol. The molecule has 1 aromatic rings. The zero-order valence-electron chi connectivity index (χ0n) is 6.30. The molecule has 0 saturated heterocycles. The number of methoxy groups -OCH3 is 1. The molecule has 0 saturated carbocycles. The molecule has 0 atom stereocenters. The molecule has 0 aliphatic rings. The summed E-state index contributed by atoms with van der Waals surface area (Å²) >= 11 is 19.4. The molecule has 0 aromatic heterocycles. The summed E-state index contributed by atoms with van der Waals surface area (Å²) in [5, 5.41) is 0.597. The van der Waals surface area contributed by atoms with Gasteiger partial charge in [0.05, 0.1) is 30.0 Å². The Morgan fingerprint density at radius 3 is 1.62 bits per heavy atom. The first-order chi connectivity index (χ1) is 6.00. The summed E-state index contributed by atoms with van der Waals surface area (Å²) in [6.45, 7) is 0. The molecule has 0 radical (unpaired) electrons. The van der Waals surface area contributed by atoms with E-state index in [0.29, 0.717) is 10.8 Å². The highest BCUT2D eigenvalue weighted by Crippen LogP contribution is 2.48. The Labute approximate surface area is 115 Å².